The third-order valence-electron chi connectivity index (χ3n) is 3.56. The van der Waals surface area contributed by atoms with Crippen molar-refractivity contribution in [3.8, 4) is 0 Å². The summed E-state index contributed by atoms with van der Waals surface area (Å²) in [7, 11) is 2.03. The van der Waals surface area contributed by atoms with Gasteiger partial charge in [-0.15, -0.1) is 0 Å². The van der Waals surface area contributed by atoms with Crippen molar-refractivity contribution in [3.05, 3.63) is 23.4 Å². The maximum absolute atomic E-state index is 6.09. The zero-order chi connectivity index (χ0) is 13.8. The van der Waals surface area contributed by atoms with Gasteiger partial charge < -0.3 is 11.1 Å². The van der Waals surface area contributed by atoms with Crippen LogP contribution in [0.5, 0.6) is 0 Å². The SMILES string of the molecule is CCC1SCCSC1C(NC)c1cc(C)cnc1N. The van der Waals surface area contributed by atoms with E-state index in [-0.39, 0.29) is 6.04 Å². The van der Waals surface area contributed by atoms with E-state index in [1.54, 1.807) is 0 Å². The van der Waals surface area contributed by atoms with Gasteiger partial charge in [-0.05, 0) is 32.0 Å². The number of pyridine rings is 1. The molecule has 0 amide bonds. The van der Waals surface area contributed by atoms with Gasteiger partial charge in [0.15, 0.2) is 0 Å². The molecule has 0 radical (unpaired) electrons. The van der Waals surface area contributed by atoms with Crippen molar-refractivity contribution in [2.45, 2.75) is 36.8 Å². The van der Waals surface area contributed by atoms with E-state index in [1.165, 1.54) is 23.5 Å². The first-order valence-corrected chi connectivity index (χ1v) is 8.89. The highest BCUT2D eigenvalue weighted by Gasteiger charge is 2.33. The van der Waals surface area contributed by atoms with Crippen molar-refractivity contribution >= 4 is 29.3 Å². The monoisotopic (exact) mass is 297 g/mol. The van der Waals surface area contributed by atoms with Gasteiger partial charge in [-0.1, -0.05) is 6.92 Å². The van der Waals surface area contributed by atoms with E-state index in [9.17, 15) is 0 Å². The second-order valence-corrected chi connectivity index (χ2v) is 7.54. The van der Waals surface area contributed by atoms with Crippen LogP contribution in [-0.2, 0) is 0 Å². The van der Waals surface area contributed by atoms with Crippen LogP contribution in [0.4, 0.5) is 5.82 Å². The minimum Gasteiger partial charge on any atom is -0.383 e. The summed E-state index contributed by atoms with van der Waals surface area (Å²) in [4.78, 5) is 4.31. The number of hydrogen-bond donors (Lipinski definition) is 2. The molecular weight excluding hydrogens is 274 g/mol. The maximum atomic E-state index is 6.09. The molecular formula is C14H23N3S2. The number of thioether (sulfide) groups is 2. The van der Waals surface area contributed by atoms with Crippen LogP contribution in [0.25, 0.3) is 0 Å². The summed E-state index contributed by atoms with van der Waals surface area (Å²) in [6, 6.07) is 2.46. The van der Waals surface area contributed by atoms with E-state index in [0.29, 0.717) is 16.3 Å². The Labute approximate surface area is 124 Å². The molecule has 3 N–H and O–H groups in total. The molecule has 0 saturated carbocycles. The second kappa shape index (κ2) is 6.86. The van der Waals surface area contributed by atoms with Crippen molar-refractivity contribution in [2.24, 2.45) is 0 Å². The van der Waals surface area contributed by atoms with E-state index in [0.717, 1.165) is 5.56 Å². The van der Waals surface area contributed by atoms with Crippen LogP contribution < -0.4 is 11.1 Å². The number of nitrogens with two attached hydrogens (primary N) is 1. The molecule has 1 aliphatic rings. The van der Waals surface area contributed by atoms with Crippen LogP contribution in [0.15, 0.2) is 12.3 Å². The van der Waals surface area contributed by atoms with Gasteiger partial charge in [0.2, 0.25) is 0 Å². The minimum atomic E-state index is 0.287. The van der Waals surface area contributed by atoms with Gasteiger partial charge in [0.05, 0.1) is 0 Å². The van der Waals surface area contributed by atoms with Crippen molar-refractivity contribution in [2.75, 3.05) is 24.3 Å². The summed E-state index contributed by atoms with van der Waals surface area (Å²) < 4.78 is 0. The van der Waals surface area contributed by atoms with E-state index in [1.807, 2.05) is 13.2 Å². The summed E-state index contributed by atoms with van der Waals surface area (Å²) in [5.41, 5.74) is 8.42. The number of nitrogens with zero attached hydrogens (tertiary/aromatic N) is 1. The predicted octanol–water partition coefficient (Wildman–Crippen LogP) is 2.86. The van der Waals surface area contributed by atoms with Crippen LogP contribution in [0.2, 0.25) is 0 Å². The Kier molecular flexibility index (Phi) is 5.42. The molecule has 3 unspecified atom stereocenters. The Bertz CT molecular complexity index is 425. The normalized spacial score (nSPS) is 25.2. The number of nitrogens with one attached hydrogen (secondary N) is 1. The minimum absolute atomic E-state index is 0.287. The van der Waals surface area contributed by atoms with Crippen LogP contribution >= 0.6 is 23.5 Å². The highest BCUT2D eigenvalue weighted by atomic mass is 32.2. The predicted molar refractivity (Wildman–Crippen MR) is 88.0 cm³/mol. The van der Waals surface area contributed by atoms with Crippen molar-refractivity contribution in [1.29, 1.82) is 0 Å². The highest BCUT2D eigenvalue weighted by molar-refractivity contribution is 8.07. The van der Waals surface area contributed by atoms with Crippen LogP contribution in [0.1, 0.15) is 30.5 Å². The Morgan fingerprint density at radius 2 is 2.21 bits per heavy atom. The van der Waals surface area contributed by atoms with Gasteiger partial charge in [0.1, 0.15) is 5.82 Å². The Morgan fingerprint density at radius 1 is 1.47 bits per heavy atom. The summed E-state index contributed by atoms with van der Waals surface area (Å²) in [6.45, 7) is 4.35. The fraction of sp³-hybridized carbons (Fsp3) is 0.643. The molecule has 0 bridgehead atoms. The molecule has 106 valence electrons. The summed E-state index contributed by atoms with van der Waals surface area (Å²) in [6.07, 6.45) is 3.05. The number of aryl methyl sites for hydroxylation is 1. The van der Waals surface area contributed by atoms with E-state index in [4.69, 9.17) is 5.73 Å². The van der Waals surface area contributed by atoms with E-state index < -0.39 is 0 Å². The fourth-order valence-corrected chi connectivity index (χ4v) is 5.88. The quantitative estimate of drug-likeness (QED) is 0.895. The Hall–Kier alpha value is -0.390. The van der Waals surface area contributed by atoms with Gasteiger partial charge in [0, 0.05) is 39.8 Å². The van der Waals surface area contributed by atoms with Crippen molar-refractivity contribution in [1.82, 2.24) is 10.3 Å². The van der Waals surface area contributed by atoms with Crippen LogP contribution in [0.3, 0.4) is 0 Å². The van der Waals surface area contributed by atoms with Crippen LogP contribution in [0, 0.1) is 6.92 Å². The topological polar surface area (TPSA) is 50.9 Å². The lowest BCUT2D eigenvalue weighted by Gasteiger charge is -2.36. The first-order valence-electron chi connectivity index (χ1n) is 6.79. The lowest BCUT2D eigenvalue weighted by atomic mass is 9.99. The molecule has 1 aliphatic heterocycles. The Morgan fingerprint density at radius 3 is 2.89 bits per heavy atom. The maximum Gasteiger partial charge on any atom is 0.128 e. The standard InChI is InChI=1S/C14H23N3S2/c1-4-11-13(19-6-5-18-11)12(16-3)10-7-9(2)8-17-14(10)15/h7-8,11-13,16H,4-6H2,1-3H3,(H2,15,17). The lowest BCUT2D eigenvalue weighted by molar-refractivity contribution is 0.543. The lowest BCUT2D eigenvalue weighted by Crippen LogP contribution is -2.37. The van der Waals surface area contributed by atoms with Gasteiger partial charge in [0.25, 0.3) is 0 Å². The number of rotatable bonds is 4. The van der Waals surface area contributed by atoms with E-state index >= 15 is 0 Å². The molecule has 1 aromatic rings. The average Bonchev–Trinajstić information content (AvgIpc) is 2.44. The third kappa shape index (κ3) is 3.38. The molecule has 0 aliphatic carbocycles. The summed E-state index contributed by atoms with van der Waals surface area (Å²) in [5.74, 6) is 3.15. The molecule has 1 saturated heterocycles. The largest absolute Gasteiger partial charge is 0.383 e. The second-order valence-electron chi connectivity index (χ2n) is 4.91. The number of hydrogen-bond acceptors (Lipinski definition) is 5. The molecule has 2 rings (SSSR count). The van der Waals surface area contributed by atoms with Gasteiger partial charge in [-0.25, -0.2) is 4.98 Å². The molecule has 5 heteroatoms. The summed E-state index contributed by atoms with van der Waals surface area (Å²) >= 11 is 4.17. The number of nitrogen functional groups attached to an aromatic ring is 1. The molecule has 1 fully saturated rings. The molecule has 3 nitrogen and oxygen atoms in total. The van der Waals surface area contributed by atoms with Gasteiger partial charge >= 0.3 is 0 Å². The number of aromatic nitrogens is 1. The van der Waals surface area contributed by atoms with Crippen molar-refractivity contribution < 1.29 is 0 Å². The summed E-state index contributed by atoms with van der Waals surface area (Å²) in [5, 5.41) is 4.73. The fourth-order valence-electron chi connectivity index (χ4n) is 2.60. The molecule has 0 spiro atoms. The van der Waals surface area contributed by atoms with Crippen molar-refractivity contribution in [3.63, 3.8) is 0 Å². The zero-order valence-corrected chi connectivity index (χ0v) is 13.5. The highest BCUT2D eigenvalue weighted by Crippen LogP contribution is 2.41. The van der Waals surface area contributed by atoms with E-state index in [2.05, 4.69) is 53.7 Å². The average molecular weight is 297 g/mol. The molecule has 0 aromatic carbocycles. The van der Waals surface area contributed by atoms with Gasteiger partial charge in [-0.3, -0.25) is 0 Å². The molecule has 2 heterocycles. The van der Waals surface area contributed by atoms with Gasteiger partial charge in [-0.2, -0.15) is 23.5 Å². The zero-order valence-electron chi connectivity index (χ0n) is 11.8. The molecule has 3 atom stereocenters. The third-order valence-corrected chi connectivity index (χ3v) is 6.91. The number of anilines is 1. The van der Waals surface area contributed by atoms with Crippen LogP contribution in [-0.4, -0.2) is 34.0 Å². The smallest absolute Gasteiger partial charge is 0.128 e. The first-order chi connectivity index (χ1) is 9.17. The first kappa shape index (κ1) is 15.0. The molecule has 1 aromatic heterocycles. The molecule has 19 heavy (non-hydrogen) atoms. The Balaban J connectivity index is 2.29.